The third kappa shape index (κ3) is 2.60. The van der Waals surface area contributed by atoms with Crippen LogP contribution in [0.25, 0.3) is 32.7 Å². The van der Waals surface area contributed by atoms with Gasteiger partial charge in [0.15, 0.2) is 0 Å². The fourth-order valence-electron chi connectivity index (χ4n) is 3.40. The highest BCUT2D eigenvalue weighted by Crippen LogP contribution is 2.42. The highest BCUT2D eigenvalue weighted by molar-refractivity contribution is 6.14. The van der Waals surface area contributed by atoms with Crippen molar-refractivity contribution in [3.63, 3.8) is 0 Å². The first-order valence-electron chi connectivity index (χ1n) is 8.22. The van der Waals surface area contributed by atoms with Gasteiger partial charge in [0.1, 0.15) is 0 Å². The highest BCUT2D eigenvalue weighted by Gasteiger charge is 2.16. The molecular weight excluding hydrogens is 308 g/mol. The van der Waals surface area contributed by atoms with Crippen LogP contribution in [0.3, 0.4) is 0 Å². The molecule has 0 atom stereocenters. The standard InChI is InChI=1S/C22H18N2O/c1-14(25)24-20-13-11-16-7-3-5-9-18(16)22(20)21-17-8-4-2-6-15(17)10-12-19(21)23/h2-13H,23H2,1H3,(H,24,25). The van der Waals surface area contributed by atoms with Crippen LogP contribution in [0.4, 0.5) is 11.4 Å². The average Bonchev–Trinajstić information content (AvgIpc) is 2.62. The van der Waals surface area contributed by atoms with E-state index in [0.717, 1.165) is 38.4 Å². The third-order valence-corrected chi connectivity index (χ3v) is 4.45. The van der Waals surface area contributed by atoms with Gasteiger partial charge in [0.2, 0.25) is 5.91 Å². The van der Waals surface area contributed by atoms with Crippen LogP contribution in [0.5, 0.6) is 0 Å². The summed E-state index contributed by atoms with van der Waals surface area (Å²) in [5.41, 5.74) is 9.78. The Balaban J connectivity index is 2.16. The molecule has 0 saturated heterocycles. The van der Waals surface area contributed by atoms with E-state index in [0.29, 0.717) is 5.69 Å². The molecule has 3 nitrogen and oxygen atoms in total. The first-order chi connectivity index (χ1) is 12.1. The number of fused-ring (bicyclic) bond motifs is 2. The summed E-state index contributed by atoms with van der Waals surface area (Å²) >= 11 is 0. The van der Waals surface area contributed by atoms with Crippen LogP contribution in [-0.4, -0.2) is 5.91 Å². The van der Waals surface area contributed by atoms with Crippen LogP contribution in [0, 0.1) is 0 Å². The zero-order valence-electron chi connectivity index (χ0n) is 13.9. The minimum atomic E-state index is -0.102. The van der Waals surface area contributed by atoms with Gasteiger partial charge < -0.3 is 11.1 Å². The first kappa shape index (κ1) is 15.2. The van der Waals surface area contributed by atoms with Crippen molar-refractivity contribution in [3.8, 4) is 11.1 Å². The molecule has 0 heterocycles. The molecule has 0 radical (unpaired) electrons. The van der Waals surface area contributed by atoms with Crippen molar-refractivity contribution in [1.82, 2.24) is 0 Å². The van der Waals surface area contributed by atoms with E-state index < -0.39 is 0 Å². The zero-order chi connectivity index (χ0) is 17.4. The van der Waals surface area contributed by atoms with Crippen LogP contribution >= 0.6 is 0 Å². The van der Waals surface area contributed by atoms with Gasteiger partial charge in [-0.25, -0.2) is 0 Å². The number of benzene rings is 4. The molecule has 0 aliphatic carbocycles. The van der Waals surface area contributed by atoms with Crippen LogP contribution < -0.4 is 11.1 Å². The average molecular weight is 326 g/mol. The van der Waals surface area contributed by atoms with Gasteiger partial charge in [0.05, 0.1) is 0 Å². The molecule has 0 saturated carbocycles. The van der Waals surface area contributed by atoms with Crippen molar-refractivity contribution in [2.75, 3.05) is 11.1 Å². The first-order valence-corrected chi connectivity index (χ1v) is 8.22. The highest BCUT2D eigenvalue weighted by atomic mass is 16.1. The fourth-order valence-corrected chi connectivity index (χ4v) is 3.40. The summed E-state index contributed by atoms with van der Waals surface area (Å²) < 4.78 is 0. The van der Waals surface area contributed by atoms with Gasteiger partial charge in [-0.15, -0.1) is 0 Å². The Labute approximate surface area is 146 Å². The fraction of sp³-hybridized carbons (Fsp3) is 0.0455. The molecule has 0 spiro atoms. The van der Waals surface area contributed by atoms with Crippen LogP contribution in [-0.2, 0) is 4.79 Å². The molecule has 4 aromatic rings. The van der Waals surface area contributed by atoms with E-state index in [1.165, 1.54) is 6.92 Å². The Bertz CT molecular complexity index is 1120. The third-order valence-electron chi connectivity index (χ3n) is 4.45. The number of nitrogen functional groups attached to an aromatic ring is 1. The van der Waals surface area contributed by atoms with E-state index in [2.05, 4.69) is 29.6 Å². The molecule has 122 valence electrons. The van der Waals surface area contributed by atoms with Gasteiger partial charge in [-0.05, 0) is 33.7 Å². The summed E-state index contributed by atoms with van der Waals surface area (Å²) in [6.07, 6.45) is 0. The molecule has 3 heteroatoms. The van der Waals surface area contributed by atoms with Crippen molar-refractivity contribution in [1.29, 1.82) is 0 Å². The molecule has 1 amide bonds. The lowest BCUT2D eigenvalue weighted by Gasteiger charge is -2.17. The molecule has 0 fully saturated rings. The second-order valence-corrected chi connectivity index (χ2v) is 6.14. The number of amides is 1. The van der Waals surface area contributed by atoms with Crippen molar-refractivity contribution in [2.45, 2.75) is 6.92 Å². The molecule has 0 aliphatic rings. The topological polar surface area (TPSA) is 55.1 Å². The van der Waals surface area contributed by atoms with Crippen molar-refractivity contribution < 1.29 is 4.79 Å². The van der Waals surface area contributed by atoms with Gasteiger partial charge in [-0.2, -0.15) is 0 Å². The summed E-state index contributed by atoms with van der Waals surface area (Å²) in [5.74, 6) is -0.102. The maximum atomic E-state index is 11.7. The summed E-state index contributed by atoms with van der Waals surface area (Å²) in [4.78, 5) is 11.7. The van der Waals surface area contributed by atoms with Crippen LogP contribution in [0.1, 0.15) is 6.92 Å². The van der Waals surface area contributed by atoms with E-state index in [1.54, 1.807) is 0 Å². The summed E-state index contributed by atoms with van der Waals surface area (Å²) in [7, 11) is 0. The lowest BCUT2D eigenvalue weighted by atomic mass is 9.91. The molecule has 0 aliphatic heterocycles. The van der Waals surface area contributed by atoms with Gasteiger partial charge >= 0.3 is 0 Å². The smallest absolute Gasteiger partial charge is 0.221 e. The maximum absolute atomic E-state index is 11.7. The molecule has 0 unspecified atom stereocenters. The lowest BCUT2D eigenvalue weighted by Crippen LogP contribution is -2.07. The Morgan fingerprint density at radius 3 is 1.96 bits per heavy atom. The van der Waals surface area contributed by atoms with Crippen molar-refractivity contribution >= 4 is 38.8 Å². The number of anilines is 2. The number of hydrogen-bond acceptors (Lipinski definition) is 2. The van der Waals surface area contributed by atoms with E-state index >= 15 is 0 Å². The monoisotopic (exact) mass is 326 g/mol. The second-order valence-electron chi connectivity index (χ2n) is 6.14. The predicted octanol–water partition coefficient (Wildman–Crippen LogP) is 5.20. The second kappa shape index (κ2) is 5.95. The Kier molecular flexibility index (Phi) is 3.62. The van der Waals surface area contributed by atoms with Crippen LogP contribution in [0.2, 0.25) is 0 Å². The number of hydrogen-bond donors (Lipinski definition) is 2. The van der Waals surface area contributed by atoms with E-state index in [1.807, 2.05) is 48.5 Å². The number of nitrogens with two attached hydrogens (primary N) is 1. The Hall–Kier alpha value is -3.33. The molecule has 0 bridgehead atoms. The van der Waals surface area contributed by atoms with Crippen LogP contribution in [0.15, 0.2) is 72.8 Å². The zero-order valence-corrected chi connectivity index (χ0v) is 13.9. The summed E-state index contributed by atoms with van der Waals surface area (Å²) in [5, 5.41) is 7.33. The predicted molar refractivity (Wildman–Crippen MR) is 106 cm³/mol. The lowest BCUT2D eigenvalue weighted by molar-refractivity contribution is -0.114. The van der Waals surface area contributed by atoms with Gasteiger partial charge in [0.25, 0.3) is 0 Å². The van der Waals surface area contributed by atoms with E-state index in [4.69, 9.17) is 5.73 Å². The van der Waals surface area contributed by atoms with Crippen molar-refractivity contribution in [2.24, 2.45) is 0 Å². The summed E-state index contributed by atoms with van der Waals surface area (Å²) in [6, 6.07) is 24.2. The molecule has 0 aromatic heterocycles. The van der Waals surface area contributed by atoms with Crippen molar-refractivity contribution in [3.05, 3.63) is 72.8 Å². The number of rotatable bonds is 2. The number of carbonyl (C=O) groups is 1. The minimum Gasteiger partial charge on any atom is -0.398 e. The SMILES string of the molecule is CC(=O)Nc1ccc2ccccc2c1-c1c(N)ccc2ccccc12. The van der Waals surface area contributed by atoms with Gasteiger partial charge in [0, 0.05) is 29.4 Å². The van der Waals surface area contributed by atoms with Gasteiger partial charge in [-0.1, -0.05) is 60.7 Å². The Morgan fingerprint density at radius 2 is 1.32 bits per heavy atom. The number of nitrogens with one attached hydrogen (secondary N) is 1. The van der Waals surface area contributed by atoms with Gasteiger partial charge in [-0.3, -0.25) is 4.79 Å². The quantitative estimate of drug-likeness (QED) is 0.497. The molecule has 3 N–H and O–H groups in total. The van der Waals surface area contributed by atoms with E-state index in [-0.39, 0.29) is 5.91 Å². The molecular formula is C22H18N2O. The largest absolute Gasteiger partial charge is 0.398 e. The normalized spacial score (nSPS) is 10.9. The Morgan fingerprint density at radius 1 is 0.760 bits per heavy atom. The maximum Gasteiger partial charge on any atom is 0.221 e. The molecule has 25 heavy (non-hydrogen) atoms. The summed E-state index contributed by atoms with van der Waals surface area (Å²) in [6.45, 7) is 1.52. The molecule has 4 aromatic carbocycles. The van der Waals surface area contributed by atoms with E-state index in [9.17, 15) is 4.79 Å². The number of carbonyl (C=O) groups excluding carboxylic acids is 1. The minimum absolute atomic E-state index is 0.102. The molecule has 4 rings (SSSR count).